The summed E-state index contributed by atoms with van der Waals surface area (Å²) in [4.78, 5) is 37.9. The van der Waals surface area contributed by atoms with E-state index in [9.17, 15) is 14.4 Å². The van der Waals surface area contributed by atoms with E-state index in [-0.39, 0.29) is 18.4 Å². The minimum atomic E-state index is -0.587. The molecule has 0 fully saturated rings. The highest BCUT2D eigenvalue weighted by atomic mass is 16.6. The van der Waals surface area contributed by atoms with Crippen LogP contribution >= 0.6 is 0 Å². The number of nitrogens with zero attached hydrogens (tertiary/aromatic N) is 3. The van der Waals surface area contributed by atoms with E-state index < -0.39 is 11.7 Å². The normalized spacial score (nSPS) is 13.1. The number of likely N-dealkylation sites (N-methyl/N-ethyl adjacent to an activating group) is 1. The van der Waals surface area contributed by atoms with Crippen LogP contribution < -0.4 is 16.4 Å². The third-order valence-electron chi connectivity index (χ3n) is 5.82. The van der Waals surface area contributed by atoms with E-state index in [4.69, 9.17) is 10.5 Å². The average molecular weight is 517 g/mol. The maximum Gasteiger partial charge on any atom is 0.410 e. The molecule has 0 aliphatic carbocycles. The molecule has 0 bridgehead atoms. The molecule has 2 aromatic carbocycles. The van der Waals surface area contributed by atoms with Crippen LogP contribution in [0.15, 0.2) is 60.8 Å². The van der Waals surface area contributed by atoms with Crippen molar-refractivity contribution in [2.45, 2.75) is 32.8 Å². The molecule has 0 saturated heterocycles. The number of amides is 3. The van der Waals surface area contributed by atoms with Crippen molar-refractivity contribution in [2.24, 2.45) is 0 Å². The van der Waals surface area contributed by atoms with Crippen LogP contribution in [0.1, 0.15) is 36.7 Å². The molecule has 38 heavy (non-hydrogen) atoms. The molecule has 3 aromatic rings. The molecule has 2 heterocycles. The predicted molar refractivity (Wildman–Crippen MR) is 146 cm³/mol. The molecule has 1 aliphatic rings. The molecule has 10 nitrogen and oxygen atoms in total. The van der Waals surface area contributed by atoms with Gasteiger partial charge in [0.1, 0.15) is 5.60 Å². The molecule has 0 radical (unpaired) electrons. The molecule has 1 aromatic heterocycles. The van der Waals surface area contributed by atoms with Crippen LogP contribution in [0.3, 0.4) is 0 Å². The summed E-state index contributed by atoms with van der Waals surface area (Å²) in [6.07, 6.45) is 5.08. The van der Waals surface area contributed by atoms with Gasteiger partial charge in [0.05, 0.1) is 5.69 Å². The molecule has 0 atom stereocenters. The lowest BCUT2D eigenvalue weighted by molar-refractivity contribution is -0.111. The monoisotopic (exact) mass is 516 g/mol. The minimum Gasteiger partial charge on any atom is -0.444 e. The predicted octanol–water partition coefficient (Wildman–Crippen LogP) is 3.77. The molecule has 0 saturated carbocycles. The Morgan fingerprint density at radius 3 is 2.76 bits per heavy atom. The Balaban J connectivity index is 1.43. The van der Waals surface area contributed by atoms with Gasteiger partial charge in [0.2, 0.25) is 5.91 Å². The van der Waals surface area contributed by atoms with E-state index in [1.807, 2.05) is 30.5 Å². The first kappa shape index (κ1) is 26.5. The lowest BCUT2D eigenvalue weighted by Gasteiger charge is -2.23. The Kier molecular flexibility index (Phi) is 7.52. The van der Waals surface area contributed by atoms with Gasteiger partial charge in [0.15, 0.2) is 5.82 Å². The fourth-order valence-electron chi connectivity index (χ4n) is 3.98. The summed E-state index contributed by atoms with van der Waals surface area (Å²) in [7, 11) is 1.60. The van der Waals surface area contributed by atoms with Gasteiger partial charge >= 0.3 is 6.09 Å². The van der Waals surface area contributed by atoms with Gasteiger partial charge in [-0.3, -0.25) is 9.59 Å². The molecule has 3 amide bonds. The Bertz CT molecular complexity index is 1400. The van der Waals surface area contributed by atoms with Crippen LogP contribution in [0.4, 0.5) is 16.3 Å². The van der Waals surface area contributed by atoms with Crippen molar-refractivity contribution >= 4 is 29.4 Å². The number of benzene rings is 2. The minimum absolute atomic E-state index is 0.0646. The fraction of sp³-hybridized carbons (Fsp3) is 0.286. The number of fused-ring (bicyclic) bond motifs is 1. The maximum absolute atomic E-state index is 12.4. The molecule has 0 spiro atoms. The van der Waals surface area contributed by atoms with Crippen LogP contribution in [0, 0.1) is 0 Å². The van der Waals surface area contributed by atoms with Gasteiger partial charge in [-0.1, -0.05) is 24.3 Å². The van der Waals surface area contributed by atoms with Crippen LogP contribution in [-0.2, 0) is 16.0 Å². The summed E-state index contributed by atoms with van der Waals surface area (Å²) in [5.41, 5.74) is 10.2. The molecular weight excluding hydrogens is 484 g/mol. The number of nitrogens with two attached hydrogens (primary N) is 1. The number of nitrogen functional groups attached to an aromatic ring is 1. The number of aromatic nitrogens is 2. The van der Waals surface area contributed by atoms with Gasteiger partial charge in [-0.15, -0.1) is 0 Å². The molecule has 0 unspecified atom stereocenters. The Labute approximate surface area is 221 Å². The van der Waals surface area contributed by atoms with Crippen LogP contribution in [0.2, 0.25) is 0 Å². The van der Waals surface area contributed by atoms with Crippen molar-refractivity contribution in [2.75, 3.05) is 31.2 Å². The molecule has 198 valence electrons. The third-order valence-corrected chi connectivity index (χ3v) is 5.82. The maximum atomic E-state index is 12.4. The van der Waals surface area contributed by atoms with Crippen molar-refractivity contribution in [3.8, 4) is 16.8 Å². The number of ether oxygens (including phenoxy) is 1. The summed E-state index contributed by atoms with van der Waals surface area (Å²) in [6, 6.07) is 12.9. The standard InChI is InChI=1S/C28H32N6O4/c1-28(2,3)38-27(37)33(4)14-6-9-24(35)31-20-7-5-8-21(16-20)34-17-23(25(29)32-34)18-10-11-22-19(15-18)12-13-30-26(22)36/h5-11,15-17H,12-14H2,1-4H3,(H2,29,32)(H,30,36)(H,31,35)/b9-6+. The van der Waals surface area contributed by atoms with E-state index >= 15 is 0 Å². The van der Waals surface area contributed by atoms with Crippen molar-refractivity contribution in [3.63, 3.8) is 0 Å². The van der Waals surface area contributed by atoms with Gasteiger partial charge in [-0.25, -0.2) is 9.48 Å². The summed E-state index contributed by atoms with van der Waals surface area (Å²) >= 11 is 0. The first-order chi connectivity index (χ1) is 18.0. The van der Waals surface area contributed by atoms with Crippen LogP contribution in [0.25, 0.3) is 16.8 Å². The number of hydrogen-bond donors (Lipinski definition) is 3. The zero-order valence-corrected chi connectivity index (χ0v) is 21.9. The Morgan fingerprint density at radius 2 is 2.00 bits per heavy atom. The van der Waals surface area contributed by atoms with E-state index in [0.717, 1.165) is 23.1 Å². The SMILES string of the molecule is CN(C/C=C/C(=O)Nc1cccc(-n2cc(-c3ccc4c(c3)CCNC4=O)c(N)n2)c1)C(=O)OC(C)(C)C. The van der Waals surface area contributed by atoms with E-state index in [1.54, 1.807) is 56.8 Å². The number of hydrogen-bond acceptors (Lipinski definition) is 6. The van der Waals surface area contributed by atoms with Gasteiger partial charge in [0.25, 0.3) is 5.91 Å². The van der Waals surface area contributed by atoms with Crippen LogP contribution in [0.5, 0.6) is 0 Å². The third kappa shape index (κ3) is 6.39. The Hall–Kier alpha value is -4.60. The van der Waals surface area contributed by atoms with Gasteiger partial charge in [-0.05, 0) is 62.6 Å². The first-order valence-corrected chi connectivity index (χ1v) is 12.3. The Morgan fingerprint density at radius 1 is 1.21 bits per heavy atom. The molecule has 4 rings (SSSR count). The number of carbonyl (C=O) groups is 3. The highest BCUT2D eigenvalue weighted by Gasteiger charge is 2.20. The zero-order valence-electron chi connectivity index (χ0n) is 21.9. The van der Waals surface area contributed by atoms with Gasteiger partial charge in [-0.2, -0.15) is 5.10 Å². The molecule has 10 heteroatoms. The second-order valence-electron chi connectivity index (χ2n) is 10.1. The van der Waals surface area contributed by atoms with Crippen molar-refractivity contribution in [1.29, 1.82) is 0 Å². The van der Waals surface area contributed by atoms with Crippen molar-refractivity contribution < 1.29 is 19.1 Å². The van der Waals surface area contributed by atoms with Gasteiger partial charge in [0, 0.05) is 49.2 Å². The largest absolute Gasteiger partial charge is 0.444 e. The molecular formula is C28H32N6O4. The zero-order chi connectivity index (χ0) is 27.4. The van der Waals surface area contributed by atoms with E-state index in [1.165, 1.54) is 11.0 Å². The summed E-state index contributed by atoms with van der Waals surface area (Å²) in [6.45, 7) is 6.22. The van der Waals surface area contributed by atoms with E-state index in [0.29, 0.717) is 29.3 Å². The summed E-state index contributed by atoms with van der Waals surface area (Å²) in [5, 5.41) is 10.1. The first-order valence-electron chi connectivity index (χ1n) is 12.3. The second-order valence-corrected chi connectivity index (χ2v) is 10.1. The highest BCUT2D eigenvalue weighted by Crippen LogP contribution is 2.29. The topological polar surface area (TPSA) is 132 Å². The smallest absolute Gasteiger partial charge is 0.410 e. The molecule has 1 aliphatic heterocycles. The highest BCUT2D eigenvalue weighted by molar-refractivity contribution is 5.99. The number of rotatable bonds is 6. The number of carbonyl (C=O) groups excluding carboxylic acids is 3. The van der Waals surface area contributed by atoms with Crippen molar-refractivity contribution in [3.05, 3.63) is 71.9 Å². The van der Waals surface area contributed by atoms with Gasteiger partial charge < -0.3 is 26.0 Å². The number of nitrogens with one attached hydrogen (secondary N) is 2. The molecule has 4 N–H and O–H groups in total. The average Bonchev–Trinajstić information content (AvgIpc) is 3.24. The number of anilines is 2. The fourth-order valence-corrected chi connectivity index (χ4v) is 3.98. The lowest BCUT2D eigenvalue weighted by atomic mass is 9.96. The quantitative estimate of drug-likeness (QED) is 0.428. The van der Waals surface area contributed by atoms with Crippen molar-refractivity contribution in [1.82, 2.24) is 20.0 Å². The van der Waals surface area contributed by atoms with E-state index in [2.05, 4.69) is 15.7 Å². The van der Waals surface area contributed by atoms with Crippen LogP contribution in [-0.4, -0.2) is 58.3 Å². The second kappa shape index (κ2) is 10.8. The summed E-state index contributed by atoms with van der Waals surface area (Å²) in [5.74, 6) is -0.0413. The summed E-state index contributed by atoms with van der Waals surface area (Å²) < 4.78 is 6.95. The lowest BCUT2D eigenvalue weighted by Crippen LogP contribution is -2.34.